The number of nitrogens with zero attached hydrogens (tertiary/aromatic N) is 1. The number of likely N-dealkylation sites (tertiary alicyclic amines) is 1. The van der Waals surface area contributed by atoms with Crippen LogP contribution in [0.3, 0.4) is 0 Å². The van der Waals surface area contributed by atoms with Gasteiger partial charge < -0.3 is 5.11 Å². The normalized spacial score (nSPS) is 20.7. The predicted molar refractivity (Wildman–Crippen MR) is 69.9 cm³/mol. The lowest BCUT2D eigenvalue weighted by Gasteiger charge is -2.22. The van der Waals surface area contributed by atoms with E-state index in [4.69, 9.17) is 5.11 Å². The Balaban J connectivity index is 2.12. The summed E-state index contributed by atoms with van der Waals surface area (Å²) in [6.45, 7) is 3.68. The maximum Gasteiger partial charge on any atom is 0.320 e. The molecule has 1 aromatic rings. The molecule has 92 valence electrons. The molecule has 1 aliphatic heterocycles. The van der Waals surface area contributed by atoms with Crippen molar-refractivity contribution in [3.63, 3.8) is 0 Å². The van der Waals surface area contributed by atoms with Crippen molar-refractivity contribution in [2.24, 2.45) is 0 Å². The molecular weight excluding hydrogens is 282 g/mol. The Labute approximate surface area is 110 Å². The SMILES string of the molecule is Cc1cc(Br)ccc1CN1CCC[C@H]1C(=O)O. The molecule has 3 nitrogen and oxygen atoms in total. The van der Waals surface area contributed by atoms with Crippen molar-refractivity contribution >= 4 is 21.9 Å². The van der Waals surface area contributed by atoms with Crippen molar-refractivity contribution in [1.82, 2.24) is 4.90 Å². The highest BCUT2D eigenvalue weighted by Gasteiger charge is 2.30. The molecule has 1 N–H and O–H groups in total. The fourth-order valence-corrected chi connectivity index (χ4v) is 2.83. The quantitative estimate of drug-likeness (QED) is 0.933. The molecule has 1 heterocycles. The van der Waals surface area contributed by atoms with Gasteiger partial charge in [0.1, 0.15) is 6.04 Å². The van der Waals surface area contributed by atoms with Crippen LogP contribution in [0.25, 0.3) is 0 Å². The average molecular weight is 298 g/mol. The number of hydrogen-bond acceptors (Lipinski definition) is 2. The Morgan fingerprint density at radius 3 is 3.00 bits per heavy atom. The van der Waals surface area contributed by atoms with Crippen LogP contribution < -0.4 is 0 Å². The topological polar surface area (TPSA) is 40.5 Å². The highest BCUT2D eigenvalue weighted by Crippen LogP contribution is 2.23. The highest BCUT2D eigenvalue weighted by molar-refractivity contribution is 9.10. The molecule has 1 aromatic carbocycles. The van der Waals surface area contributed by atoms with E-state index < -0.39 is 5.97 Å². The first kappa shape index (κ1) is 12.6. The standard InChI is InChI=1S/C13H16BrNO2/c1-9-7-11(14)5-4-10(9)8-15-6-2-3-12(15)13(16)17/h4-5,7,12H,2-3,6,8H2,1H3,(H,16,17)/t12-/m0/s1. The van der Waals surface area contributed by atoms with Crippen LogP contribution in [0, 0.1) is 6.92 Å². The zero-order chi connectivity index (χ0) is 12.4. The molecular formula is C13H16BrNO2. The summed E-state index contributed by atoms with van der Waals surface area (Å²) in [7, 11) is 0. The summed E-state index contributed by atoms with van der Waals surface area (Å²) in [5, 5.41) is 9.13. The Morgan fingerprint density at radius 2 is 2.35 bits per heavy atom. The van der Waals surface area contributed by atoms with Gasteiger partial charge in [-0.25, -0.2) is 0 Å². The highest BCUT2D eigenvalue weighted by atomic mass is 79.9. The van der Waals surface area contributed by atoms with Crippen molar-refractivity contribution in [3.05, 3.63) is 33.8 Å². The first-order valence-electron chi connectivity index (χ1n) is 5.80. The summed E-state index contributed by atoms with van der Waals surface area (Å²) in [4.78, 5) is 13.1. The third kappa shape index (κ3) is 2.87. The lowest BCUT2D eigenvalue weighted by molar-refractivity contribution is -0.142. The van der Waals surface area contributed by atoms with Crippen molar-refractivity contribution < 1.29 is 9.90 Å². The van der Waals surface area contributed by atoms with Crippen molar-refractivity contribution in [2.75, 3.05) is 6.54 Å². The third-order valence-electron chi connectivity index (χ3n) is 3.33. The maximum absolute atomic E-state index is 11.1. The Hall–Kier alpha value is -0.870. The van der Waals surface area contributed by atoms with Gasteiger partial charge in [0.2, 0.25) is 0 Å². The van der Waals surface area contributed by atoms with Crippen LogP contribution in [0.1, 0.15) is 24.0 Å². The van der Waals surface area contributed by atoms with E-state index in [1.807, 2.05) is 6.07 Å². The molecule has 4 heteroatoms. The molecule has 1 saturated heterocycles. The molecule has 0 aromatic heterocycles. The maximum atomic E-state index is 11.1. The predicted octanol–water partition coefficient (Wildman–Crippen LogP) is 2.81. The first-order valence-corrected chi connectivity index (χ1v) is 6.59. The average Bonchev–Trinajstić information content (AvgIpc) is 2.70. The lowest BCUT2D eigenvalue weighted by Crippen LogP contribution is -2.35. The summed E-state index contributed by atoms with van der Waals surface area (Å²) in [6.07, 6.45) is 1.75. The van der Waals surface area contributed by atoms with Gasteiger partial charge in [0.15, 0.2) is 0 Å². The summed E-state index contributed by atoms with van der Waals surface area (Å²) < 4.78 is 1.06. The van der Waals surface area contributed by atoms with Gasteiger partial charge in [-0.15, -0.1) is 0 Å². The minimum Gasteiger partial charge on any atom is -0.480 e. The van der Waals surface area contributed by atoms with Gasteiger partial charge in [-0.2, -0.15) is 0 Å². The Kier molecular flexibility index (Phi) is 3.84. The molecule has 0 radical (unpaired) electrons. The van der Waals surface area contributed by atoms with Crippen molar-refractivity contribution in [1.29, 1.82) is 0 Å². The molecule has 0 saturated carbocycles. The van der Waals surface area contributed by atoms with E-state index in [-0.39, 0.29) is 6.04 Å². The van der Waals surface area contributed by atoms with E-state index in [9.17, 15) is 4.79 Å². The fraction of sp³-hybridized carbons (Fsp3) is 0.462. The van der Waals surface area contributed by atoms with E-state index >= 15 is 0 Å². The molecule has 1 fully saturated rings. The van der Waals surface area contributed by atoms with Crippen molar-refractivity contribution in [3.8, 4) is 0 Å². The summed E-state index contributed by atoms with van der Waals surface area (Å²) in [6, 6.07) is 5.84. The molecule has 2 rings (SSSR count). The molecule has 0 unspecified atom stereocenters. The summed E-state index contributed by atoms with van der Waals surface area (Å²) in [5.41, 5.74) is 2.41. The Bertz CT molecular complexity index is 433. The minimum atomic E-state index is -0.697. The first-order chi connectivity index (χ1) is 8.08. The van der Waals surface area contributed by atoms with E-state index in [1.165, 1.54) is 11.1 Å². The summed E-state index contributed by atoms with van der Waals surface area (Å²) in [5.74, 6) is -0.697. The van der Waals surface area contributed by atoms with Crippen LogP contribution >= 0.6 is 15.9 Å². The number of rotatable bonds is 3. The minimum absolute atomic E-state index is 0.307. The van der Waals surface area contributed by atoms with E-state index in [1.54, 1.807) is 0 Å². The number of halogens is 1. The molecule has 1 aliphatic rings. The number of benzene rings is 1. The zero-order valence-electron chi connectivity index (χ0n) is 9.82. The van der Waals surface area contributed by atoms with E-state index in [0.717, 1.165) is 30.4 Å². The van der Waals surface area contributed by atoms with E-state index in [0.29, 0.717) is 0 Å². The van der Waals surface area contributed by atoms with Crippen LogP contribution in [0.15, 0.2) is 22.7 Å². The Morgan fingerprint density at radius 1 is 1.59 bits per heavy atom. The second-order valence-electron chi connectivity index (χ2n) is 4.54. The zero-order valence-corrected chi connectivity index (χ0v) is 11.4. The molecule has 0 spiro atoms. The number of carboxylic acid groups (broad SMARTS) is 1. The van der Waals surface area contributed by atoms with Gasteiger partial charge in [-0.05, 0) is 49.6 Å². The van der Waals surface area contributed by atoms with E-state index in [2.05, 4.69) is 39.9 Å². The number of carbonyl (C=O) groups is 1. The number of hydrogen-bond donors (Lipinski definition) is 1. The molecule has 0 bridgehead atoms. The fourth-order valence-electron chi connectivity index (χ4n) is 2.35. The molecule has 17 heavy (non-hydrogen) atoms. The van der Waals surface area contributed by atoms with Gasteiger partial charge in [-0.3, -0.25) is 9.69 Å². The monoisotopic (exact) mass is 297 g/mol. The molecule has 1 atom stereocenters. The van der Waals surface area contributed by atoms with Crippen LogP contribution in [0.4, 0.5) is 0 Å². The largest absolute Gasteiger partial charge is 0.480 e. The van der Waals surface area contributed by atoms with Crippen LogP contribution in [-0.4, -0.2) is 28.6 Å². The van der Waals surface area contributed by atoms with Gasteiger partial charge in [-0.1, -0.05) is 22.0 Å². The van der Waals surface area contributed by atoms with Gasteiger partial charge in [0.05, 0.1) is 0 Å². The van der Waals surface area contributed by atoms with Gasteiger partial charge in [0, 0.05) is 11.0 Å². The van der Waals surface area contributed by atoms with Crippen molar-refractivity contribution in [2.45, 2.75) is 32.4 Å². The smallest absolute Gasteiger partial charge is 0.320 e. The third-order valence-corrected chi connectivity index (χ3v) is 3.82. The lowest BCUT2D eigenvalue weighted by atomic mass is 10.1. The second kappa shape index (κ2) is 5.19. The van der Waals surface area contributed by atoms with Crippen LogP contribution in [0.5, 0.6) is 0 Å². The summed E-state index contributed by atoms with van der Waals surface area (Å²) >= 11 is 3.44. The molecule has 0 aliphatic carbocycles. The van der Waals surface area contributed by atoms with Crippen LogP contribution in [-0.2, 0) is 11.3 Å². The second-order valence-corrected chi connectivity index (χ2v) is 5.45. The number of aliphatic carboxylic acids is 1. The van der Waals surface area contributed by atoms with Crippen LogP contribution in [0.2, 0.25) is 0 Å². The molecule has 0 amide bonds. The number of aryl methyl sites for hydroxylation is 1. The van der Waals surface area contributed by atoms with Gasteiger partial charge in [0.25, 0.3) is 0 Å². The number of carboxylic acids is 1. The van der Waals surface area contributed by atoms with Gasteiger partial charge >= 0.3 is 5.97 Å².